The lowest BCUT2D eigenvalue weighted by atomic mass is 10.3. The van der Waals surface area contributed by atoms with Gasteiger partial charge in [-0.25, -0.2) is 4.79 Å². The average Bonchev–Trinajstić information content (AvgIpc) is 3.50. The minimum absolute atomic E-state index is 0.255. The van der Waals surface area contributed by atoms with Crippen LogP contribution in [0.25, 0.3) is 0 Å². The highest BCUT2D eigenvalue weighted by molar-refractivity contribution is 5.88. The van der Waals surface area contributed by atoms with Gasteiger partial charge in [-0.3, -0.25) is 5.32 Å². The van der Waals surface area contributed by atoms with Crippen molar-refractivity contribution in [2.24, 2.45) is 0 Å². The minimum atomic E-state index is -0.255. The first-order valence-corrected chi connectivity index (χ1v) is 8.76. The molecule has 1 saturated carbocycles. The molecule has 0 radical (unpaired) electrons. The first-order valence-electron chi connectivity index (χ1n) is 8.76. The molecule has 0 unspecified atom stereocenters. The smallest absolute Gasteiger partial charge is 0.320 e. The zero-order valence-corrected chi connectivity index (χ0v) is 14.6. The molecule has 2 amide bonds. The van der Waals surface area contributed by atoms with Crippen LogP contribution in [0.3, 0.4) is 0 Å². The monoisotopic (exact) mass is 361 g/mol. The van der Waals surface area contributed by atoms with E-state index in [9.17, 15) is 4.79 Å². The molecule has 3 aromatic rings. The molecular weight excluding hydrogens is 342 g/mol. The maximum atomic E-state index is 11.7. The van der Waals surface area contributed by atoms with Crippen molar-refractivity contribution in [1.29, 1.82) is 0 Å². The summed E-state index contributed by atoms with van der Waals surface area (Å²) < 4.78 is 5.92. The van der Waals surface area contributed by atoms with Crippen LogP contribution in [0.1, 0.15) is 12.8 Å². The summed E-state index contributed by atoms with van der Waals surface area (Å²) in [5, 5.41) is 16.8. The van der Waals surface area contributed by atoms with Gasteiger partial charge in [-0.2, -0.15) is 0 Å². The number of urea groups is 1. The summed E-state index contributed by atoms with van der Waals surface area (Å²) in [6, 6.07) is 20.6. The minimum Gasteiger partial charge on any atom is -0.455 e. The number of rotatable bonds is 6. The van der Waals surface area contributed by atoms with Crippen LogP contribution in [0.2, 0.25) is 0 Å². The van der Waals surface area contributed by atoms with Gasteiger partial charge >= 0.3 is 6.03 Å². The van der Waals surface area contributed by atoms with Crippen molar-refractivity contribution in [2.45, 2.75) is 18.9 Å². The third-order valence-corrected chi connectivity index (χ3v) is 3.94. The number of hydrogen-bond acceptors (Lipinski definition) is 5. The number of carbonyl (C=O) groups excluding carboxylic acids is 1. The summed E-state index contributed by atoms with van der Waals surface area (Å²) in [6.45, 7) is 0. The van der Waals surface area contributed by atoms with Gasteiger partial charge in [0, 0.05) is 6.04 Å². The number of amides is 2. The number of anilines is 3. The Bertz CT molecular complexity index is 911. The molecule has 0 spiro atoms. The van der Waals surface area contributed by atoms with Crippen LogP contribution >= 0.6 is 0 Å². The lowest BCUT2D eigenvalue weighted by molar-refractivity contribution is 0.251. The molecular formula is C20H19N5O2. The van der Waals surface area contributed by atoms with Gasteiger partial charge in [-0.05, 0) is 49.2 Å². The van der Waals surface area contributed by atoms with Crippen LogP contribution in [0.15, 0.2) is 66.7 Å². The Kier molecular flexibility index (Phi) is 4.82. The Labute approximate surface area is 156 Å². The van der Waals surface area contributed by atoms with Gasteiger partial charge in [-0.15, -0.1) is 10.2 Å². The normalized spacial score (nSPS) is 12.9. The summed E-state index contributed by atoms with van der Waals surface area (Å²) in [4.78, 5) is 11.7. The summed E-state index contributed by atoms with van der Waals surface area (Å²) in [5.41, 5.74) is 0.767. The van der Waals surface area contributed by atoms with E-state index in [1.54, 1.807) is 12.1 Å². The van der Waals surface area contributed by atoms with E-state index >= 15 is 0 Å². The fourth-order valence-corrected chi connectivity index (χ4v) is 2.44. The van der Waals surface area contributed by atoms with Crippen molar-refractivity contribution in [3.8, 4) is 11.5 Å². The Morgan fingerprint density at radius 1 is 0.889 bits per heavy atom. The van der Waals surface area contributed by atoms with Gasteiger partial charge in [-0.1, -0.05) is 30.3 Å². The zero-order chi connectivity index (χ0) is 18.5. The van der Waals surface area contributed by atoms with Crippen molar-refractivity contribution < 1.29 is 9.53 Å². The molecule has 4 rings (SSSR count). The fourth-order valence-electron chi connectivity index (χ4n) is 2.44. The first kappa shape index (κ1) is 16.8. The molecule has 0 aliphatic heterocycles. The van der Waals surface area contributed by atoms with E-state index in [0.717, 1.165) is 24.3 Å². The molecule has 0 saturated heterocycles. The summed E-state index contributed by atoms with van der Waals surface area (Å²) in [6.07, 6.45) is 2.07. The third kappa shape index (κ3) is 4.72. The molecule has 7 heteroatoms. The van der Waals surface area contributed by atoms with Gasteiger partial charge in [0.1, 0.15) is 5.75 Å². The Hall–Kier alpha value is -3.61. The number of nitrogens with zero attached hydrogens (tertiary/aromatic N) is 2. The molecule has 27 heavy (non-hydrogen) atoms. The molecule has 7 nitrogen and oxygen atoms in total. The highest BCUT2D eigenvalue weighted by Gasteiger charge is 2.23. The topological polar surface area (TPSA) is 88.2 Å². The van der Waals surface area contributed by atoms with E-state index in [1.807, 2.05) is 54.6 Å². The fraction of sp³-hybridized carbons (Fsp3) is 0.150. The molecule has 0 atom stereocenters. The Morgan fingerprint density at radius 2 is 1.59 bits per heavy atom. The van der Waals surface area contributed by atoms with E-state index in [0.29, 0.717) is 23.4 Å². The molecule has 1 aromatic heterocycles. The molecule has 1 aliphatic carbocycles. The molecule has 1 heterocycles. The van der Waals surface area contributed by atoms with Gasteiger partial charge in [0.25, 0.3) is 0 Å². The number of nitrogens with one attached hydrogen (secondary N) is 3. The second-order valence-corrected chi connectivity index (χ2v) is 6.21. The zero-order valence-electron chi connectivity index (χ0n) is 14.6. The second kappa shape index (κ2) is 7.74. The van der Waals surface area contributed by atoms with Crippen LogP contribution in [-0.2, 0) is 0 Å². The van der Waals surface area contributed by atoms with Crippen LogP contribution in [0.5, 0.6) is 11.5 Å². The van der Waals surface area contributed by atoms with Crippen molar-refractivity contribution in [3.63, 3.8) is 0 Å². The van der Waals surface area contributed by atoms with Crippen LogP contribution in [0, 0.1) is 0 Å². The van der Waals surface area contributed by atoms with Crippen molar-refractivity contribution in [1.82, 2.24) is 15.5 Å². The molecule has 136 valence electrons. The van der Waals surface area contributed by atoms with Crippen LogP contribution < -0.4 is 20.7 Å². The average molecular weight is 361 g/mol. The number of benzene rings is 2. The van der Waals surface area contributed by atoms with Gasteiger partial charge in [0.15, 0.2) is 17.4 Å². The molecule has 1 aliphatic rings. The third-order valence-electron chi connectivity index (χ3n) is 3.94. The largest absolute Gasteiger partial charge is 0.455 e. The van der Waals surface area contributed by atoms with Gasteiger partial charge < -0.3 is 15.4 Å². The number of ether oxygens (including phenoxy) is 1. The predicted octanol–water partition coefficient (Wildman–Crippen LogP) is 4.30. The van der Waals surface area contributed by atoms with E-state index < -0.39 is 0 Å². The van der Waals surface area contributed by atoms with E-state index in [2.05, 4.69) is 26.1 Å². The molecule has 1 fully saturated rings. The van der Waals surface area contributed by atoms with Crippen LogP contribution in [0.4, 0.5) is 22.1 Å². The number of aromatic nitrogens is 2. The van der Waals surface area contributed by atoms with Crippen molar-refractivity contribution in [3.05, 3.63) is 66.7 Å². The number of hydrogen-bond donors (Lipinski definition) is 3. The number of carbonyl (C=O) groups is 1. The molecule has 2 aromatic carbocycles. The Balaban J connectivity index is 1.42. The van der Waals surface area contributed by atoms with Crippen molar-refractivity contribution in [2.75, 3.05) is 10.6 Å². The maximum absolute atomic E-state index is 11.7. The SMILES string of the molecule is O=C(Nc1ccc(Nc2ccccc2Oc2ccccc2)nn1)NC1CC1. The van der Waals surface area contributed by atoms with Gasteiger partial charge in [0.2, 0.25) is 0 Å². The summed E-state index contributed by atoms with van der Waals surface area (Å²) in [7, 11) is 0. The second-order valence-electron chi connectivity index (χ2n) is 6.21. The van der Waals surface area contributed by atoms with E-state index in [1.165, 1.54) is 0 Å². The lowest BCUT2D eigenvalue weighted by Crippen LogP contribution is -2.30. The predicted molar refractivity (Wildman–Crippen MR) is 103 cm³/mol. The highest BCUT2D eigenvalue weighted by Crippen LogP contribution is 2.30. The first-order chi connectivity index (χ1) is 13.3. The van der Waals surface area contributed by atoms with Crippen LogP contribution in [-0.4, -0.2) is 22.3 Å². The standard InChI is InChI=1S/C20H19N5O2/c26-20(21-14-10-11-14)23-19-13-12-18(24-25-19)22-16-8-4-5-9-17(16)27-15-6-2-1-3-7-15/h1-9,12-14H,10-11H2,(H,22,24)(H2,21,23,25,26). The molecule has 0 bridgehead atoms. The van der Waals surface area contributed by atoms with E-state index in [-0.39, 0.29) is 6.03 Å². The number of para-hydroxylation sites is 3. The maximum Gasteiger partial charge on any atom is 0.320 e. The summed E-state index contributed by atoms with van der Waals surface area (Å²) >= 11 is 0. The van der Waals surface area contributed by atoms with Gasteiger partial charge in [0.05, 0.1) is 5.69 Å². The Morgan fingerprint density at radius 3 is 2.33 bits per heavy atom. The summed E-state index contributed by atoms with van der Waals surface area (Å²) in [5.74, 6) is 2.37. The van der Waals surface area contributed by atoms with Crippen molar-refractivity contribution >= 4 is 23.4 Å². The lowest BCUT2D eigenvalue weighted by Gasteiger charge is -2.12. The quantitative estimate of drug-likeness (QED) is 0.609. The van der Waals surface area contributed by atoms with E-state index in [4.69, 9.17) is 4.74 Å². The highest BCUT2D eigenvalue weighted by atomic mass is 16.5. The molecule has 3 N–H and O–H groups in total.